The van der Waals surface area contributed by atoms with Crippen LogP contribution in [0.2, 0.25) is 0 Å². The zero-order valence-electron chi connectivity index (χ0n) is 17.6. The molecule has 0 aliphatic rings. The molecule has 0 rings (SSSR count). The van der Waals surface area contributed by atoms with Crippen molar-refractivity contribution in [1.82, 2.24) is 16.0 Å². The summed E-state index contributed by atoms with van der Waals surface area (Å²) in [4.78, 5) is 58.4. The van der Waals surface area contributed by atoms with Crippen LogP contribution in [0, 0.1) is 0 Å². The van der Waals surface area contributed by atoms with Crippen molar-refractivity contribution >= 4 is 41.4 Å². The van der Waals surface area contributed by atoms with Crippen LogP contribution in [0.3, 0.4) is 0 Å². The van der Waals surface area contributed by atoms with Crippen molar-refractivity contribution in [3.63, 3.8) is 0 Å². The van der Waals surface area contributed by atoms with Crippen LogP contribution >= 0.6 is 11.8 Å². The average Bonchev–Trinajstić information content (AvgIpc) is 2.71. The smallest absolute Gasteiger partial charge is 0.326 e. The van der Waals surface area contributed by atoms with Crippen molar-refractivity contribution in [1.29, 1.82) is 0 Å². The second kappa shape index (κ2) is 16.3. The first-order valence-corrected chi connectivity index (χ1v) is 11.3. The van der Waals surface area contributed by atoms with E-state index in [0.29, 0.717) is 31.6 Å². The predicted molar refractivity (Wildman–Crippen MR) is 115 cm³/mol. The van der Waals surface area contributed by atoms with Gasteiger partial charge in [0.2, 0.25) is 17.7 Å². The van der Waals surface area contributed by atoms with Crippen molar-refractivity contribution in [3.05, 3.63) is 0 Å². The molecular weight excluding hydrogens is 430 g/mol. The lowest BCUT2D eigenvalue weighted by Gasteiger charge is -2.21. The van der Waals surface area contributed by atoms with Crippen molar-refractivity contribution in [2.75, 3.05) is 25.1 Å². The minimum Gasteiger partial charge on any atom is -0.481 e. The summed E-state index contributed by atoms with van der Waals surface area (Å²) in [6, 6.07) is -3.08. The molecule has 3 atom stereocenters. The lowest BCUT2D eigenvalue weighted by Crippen LogP contribution is -2.53. The summed E-state index contributed by atoms with van der Waals surface area (Å²) in [6.45, 7) is -0.0297. The van der Waals surface area contributed by atoms with Crippen LogP contribution in [-0.4, -0.2) is 83.1 Å². The highest BCUT2D eigenvalue weighted by molar-refractivity contribution is 7.98. The maximum Gasteiger partial charge on any atom is 0.326 e. The second-order valence-electron chi connectivity index (χ2n) is 6.84. The number of thioether (sulfide) groups is 1. The molecule has 0 spiro atoms. The first-order chi connectivity index (χ1) is 14.6. The highest BCUT2D eigenvalue weighted by Crippen LogP contribution is 2.04. The van der Waals surface area contributed by atoms with Crippen LogP contribution < -0.4 is 27.4 Å². The van der Waals surface area contributed by atoms with Gasteiger partial charge in [-0.25, -0.2) is 4.79 Å². The van der Waals surface area contributed by atoms with E-state index in [2.05, 4.69) is 16.0 Å². The van der Waals surface area contributed by atoms with E-state index in [9.17, 15) is 24.0 Å². The predicted octanol–water partition coefficient (Wildman–Crippen LogP) is -1.77. The number of nitrogens with two attached hydrogens (primary N) is 2. The molecule has 0 aromatic rings. The van der Waals surface area contributed by atoms with E-state index in [-0.39, 0.29) is 6.42 Å². The van der Waals surface area contributed by atoms with Gasteiger partial charge in [-0.05, 0) is 44.2 Å². The van der Waals surface area contributed by atoms with Gasteiger partial charge in [0.15, 0.2) is 0 Å². The average molecular weight is 464 g/mol. The molecule has 0 radical (unpaired) electrons. The number of hydrogen-bond donors (Lipinski definition) is 7. The number of carbonyl (C=O) groups excluding carboxylic acids is 3. The Balaban J connectivity index is 4.74. The molecular formula is C18H33N5O7S. The Hall–Kier alpha value is -2.38. The molecule has 12 nitrogen and oxygen atoms in total. The van der Waals surface area contributed by atoms with Crippen LogP contribution in [-0.2, 0) is 24.0 Å². The number of carboxylic acid groups (broad SMARTS) is 2. The number of aliphatic carboxylic acids is 2. The number of hydrogen-bond acceptors (Lipinski definition) is 8. The van der Waals surface area contributed by atoms with Crippen molar-refractivity contribution in [2.24, 2.45) is 11.5 Å². The molecule has 0 saturated carbocycles. The van der Waals surface area contributed by atoms with E-state index in [4.69, 9.17) is 21.7 Å². The standard InChI is InChI=1S/C18H33N5O7S/c1-31-9-7-12(23-16(27)11(20)4-2-3-8-19)17(28)21-10-14(24)22-13(18(29)30)5-6-15(25)26/h11-13H,2-10,19-20H2,1H3,(H,21,28)(H,22,24)(H,23,27)(H,25,26)(H,29,30). The highest BCUT2D eigenvalue weighted by atomic mass is 32.2. The quantitative estimate of drug-likeness (QED) is 0.120. The van der Waals surface area contributed by atoms with Crippen molar-refractivity contribution in [3.8, 4) is 0 Å². The SMILES string of the molecule is CSCCC(NC(=O)C(N)CCCCN)C(=O)NCC(=O)NC(CCC(=O)O)C(=O)O. The van der Waals surface area contributed by atoms with E-state index in [1.54, 1.807) is 0 Å². The highest BCUT2D eigenvalue weighted by Gasteiger charge is 2.25. The van der Waals surface area contributed by atoms with E-state index in [0.717, 1.165) is 6.42 Å². The molecule has 0 aliphatic heterocycles. The molecule has 0 aliphatic carbocycles. The van der Waals surface area contributed by atoms with Crippen LogP contribution in [0.4, 0.5) is 0 Å². The fourth-order valence-corrected chi connectivity index (χ4v) is 2.96. The van der Waals surface area contributed by atoms with Gasteiger partial charge < -0.3 is 37.6 Å². The molecule has 0 heterocycles. The normalized spacial score (nSPS) is 13.5. The van der Waals surface area contributed by atoms with E-state index < -0.39 is 60.8 Å². The van der Waals surface area contributed by atoms with Gasteiger partial charge in [0.25, 0.3) is 0 Å². The van der Waals surface area contributed by atoms with Crippen LogP contribution in [0.1, 0.15) is 38.5 Å². The van der Waals surface area contributed by atoms with Crippen molar-refractivity contribution < 1.29 is 34.2 Å². The number of rotatable bonds is 17. The zero-order chi connectivity index (χ0) is 23.8. The molecule has 13 heteroatoms. The number of carboxylic acids is 2. The summed E-state index contributed by atoms with van der Waals surface area (Å²) in [7, 11) is 0. The Labute approximate surface area is 185 Å². The minimum absolute atomic E-state index is 0.293. The molecule has 0 bridgehead atoms. The van der Waals surface area contributed by atoms with E-state index in [1.807, 2.05) is 6.26 Å². The molecule has 0 fully saturated rings. The van der Waals surface area contributed by atoms with Crippen LogP contribution in [0.25, 0.3) is 0 Å². The van der Waals surface area contributed by atoms with Gasteiger partial charge in [-0.1, -0.05) is 6.42 Å². The Morgan fingerprint density at radius 2 is 1.61 bits per heavy atom. The largest absolute Gasteiger partial charge is 0.481 e. The van der Waals surface area contributed by atoms with E-state index in [1.165, 1.54) is 11.8 Å². The third-order valence-corrected chi connectivity index (χ3v) is 4.90. The van der Waals surface area contributed by atoms with Crippen LogP contribution in [0.5, 0.6) is 0 Å². The lowest BCUT2D eigenvalue weighted by atomic mass is 10.1. The fourth-order valence-electron chi connectivity index (χ4n) is 2.48. The molecule has 178 valence electrons. The summed E-state index contributed by atoms with van der Waals surface area (Å²) in [5.41, 5.74) is 11.3. The Morgan fingerprint density at radius 3 is 2.16 bits per heavy atom. The summed E-state index contributed by atoms with van der Waals surface area (Å²) in [5, 5.41) is 24.8. The third kappa shape index (κ3) is 13.5. The summed E-state index contributed by atoms with van der Waals surface area (Å²) in [6.07, 6.45) is 3.26. The summed E-state index contributed by atoms with van der Waals surface area (Å²) < 4.78 is 0. The summed E-state index contributed by atoms with van der Waals surface area (Å²) in [5.74, 6) is -3.88. The molecule has 3 amide bonds. The van der Waals surface area contributed by atoms with Gasteiger partial charge in [0, 0.05) is 6.42 Å². The Kier molecular flexibility index (Phi) is 15.1. The topological polar surface area (TPSA) is 214 Å². The minimum atomic E-state index is -1.39. The van der Waals surface area contributed by atoms with Gasteiger partial charge in [-0.15, -0.1) is 0 Å². The lowest BCUT2D eigenvalue weighted by molar-refractivity contribution is -0.143. The maximum atomic E-state index is 12.4. The Morgan fingerprint density at radius 1 is 0.935 bits per heavy atom. The van der Waals surface area contributed by atoms with Gasteiger partial charge >= 0.3 is 11.9 Å². The van der Waals surface area contributed by atoms with Gasteiger partial charge in [0.1, 0.15) is 12.1 Å². The number of unbranched alkanes of at least 4 members (excludes halogenated alkanes) is 1. The monoisotopic (exact) mass is 463 g/mol. The van der Waals surface area contributed by atoms with Gasteiger partial charge in [0.05, 0.1) is 12.6 Å². The first kappa shape index (κ1) is 28.6. The number of nitrogens with one attached hydrogen (secondary N) is 3. The Bertz CT molecular complexity index is 620. The second-order valence-corrected chi connectivity index (χ2v) is 7.83. The van der Waals surface area contributed by atoms with Crippen LogP contribution in [0.15, 0.2) is 0 Å². The molecule has 0 aromatic carbocycles. The zero-order valence-corrected chi connectivity index (χ0v) is 18.4. The third-order valence-electron chi connectivity index (χ3n) is 4.25. The molecule has 0 saturated heterocycles. The molecule has 3 unspecified atom stereocenters. The number of carbonyl (C=O) groups is 5. The van der Waals surface area contributed by atoms with Gasteiger partial charge in [-0.3, -0.25) is 19.2 Å². The number of amides is 3. The van der Waals surface area contributed by atoms with Crippen molar-refractivity contribution in [2.45, 2.75) is 56.7 Å². The van der Waals surface area contributed by atoms with E-state index >= 15 is 0 Å². The fraction of sp³-hybridized carbons (Fsp3) is 0.722. The molecule has 9 N–H and O–H groups in total. The maximum absolute atomic E-state index is 12.4. The first-order valence-electron chi connectivity index (χ1n) is 9.89. The molecule has 31 heavy (non-hydrogen) atoms. The molecule has 0 aromatic heterocycles. The summed E-state index contributed by atoms with van der Waals surface area (Å²) >= 11 is 1.47. The van der Waals surface area contributed by atoms with Gasteiger partial charge in [-0.2, -0.15) is 11.8 Å².